The molecule has 0 spiro atoms. The highest BCUT2D eigenvalue weighted by Crippen LogP contribution is 2.32. The normalized spacial score (nSPS) is 12.9. The predicted octanol–water partition coefficient (Wildman–Crippen LogP) is 4.20. The SMILES string of the molecule is C[C@H](Sc1nc2scc(-c3ccc(F)cc3)c2c(=O)n1C)C(=O)NC(C)(C)C. The van der Waals surface area contributed by atoms with Gasteiger partial charge in [-0.05, 0) is 45.4 Å². The Balaban J connectivity index is 1.97. The third kappa shape index (κ3) is 4.28. The summed E-state index contributed by atoms with van der Waals surface area (Å²) in [6, 6.07) is 6.04. The van der Waals surface area contributed by atoms with Crippen LogP contribution in [0.25, 0.3) is 21.3 Å². The fourth-order valence-corrected chi connectivity index (χ4v) is 4.55. The monoisotopic (exact) mass is 419 g/mol. The van der Waals surface area contributed by atoms with E-state index in [-0.39, 0.29) is 22.8 Å². The van der Waals surface area contributed by atoms with Crippen LogP contribution in [0.2, 0.25) is 0 Å². The van der Waals surface area contributed by atoms with Gasteiger partial charge in [-0.15, -0.1) is 11.3 Å². The fourth-order valence-electron chi connectivity index (χ4n) is 2.68. The molecule has 0 aliphatic rings. The van der Waals surface area contributed by atoms with Gasteiger partial charge in [-0.25, -0.2) is 9.37 Å². The molecule has 0 unspecified atom stereocenters. The number of benzene rings is 1. The average Bonchev–Trinajstić information content (AvgIpc) is 3.02. The zero-order valence-electron chi connectivity index (χ0n) is 16.4. The molecule has 3 aromatic rings. The van der Waals surface area contributed by atoms with E-state index in [0.29, 0.717) is 15.4 Å². The molecule has 2 heterocycles. The summed E-state index contributed by atoms with van der Waals surface area (Å²) in [4.78, 5) is 30.6. The van der Waals surface area contributed by atoms with Crippen molar-refractivity contribution in [2.24, 2.45) is 7.05 Å². The second kappa shape index (κ2) is 7.67. The van der Waals surface area contributed by atoms with E-state index in [2.05, 4.69) is 10.3 Å². The lowest BCUT2D eigenvalue weighted by atomic mass is 10.1. The van der Waals surface area contributed by atoms with Gasteiger partial charge in [0.25, 0.3) is 5.56 Å². The van der Waals surface area contributed by atoms with Gasteiger partial charge < -0.3 is 5.32 Å². The van der Waals surface area contributed by atoms with Crippen molar-refractivity contribution in [3.05, 3.63) is 45.8 Å². The van der Waals surface area contributed by atoms with E-state index in [1.165, 1.54) is 39.8 Å². The van der Waals surface area contributed by atoms with Gasteiger partial charge in [0.15, 0.2) is 5.16 Å². The van der Waals surface area contributed by atoms with Gasteiger partial charge >= 0.3 is 0 Å². The Labute approximate surface area is 171 Å². The molecular weight excluding hydrogens is 397 g/mol. The highest BCUT2D eigenvalue weighted by molar-refractivity contribution is 8.00. The molecule has 8 heteroatoms. The number of carbonyl (C=O) groups excluding carboxylic acids is 1. The summed E-state index contributed by atoms with van der Waals surface area (Å²) >= 11 is 2.62. The first-order valence-electron chi connectivity index (χ1n) is 8.79. The minimum Gasteiger partial charge on any atom is -0.351 e. The van der Waals surface area contributed by atoms with E-state index >= 15 is 0 Å². The number of amides is 1. The summed E-state index contributed by atoms with van der Waals surface area (Å²) in [5.74, 6) is -0.430. The molecule has 1 amide bonds. The third-order valence-corrected chi connectivity index (χ3v) is 6.09. The van der Waals surface area contributed by atoms with Crippen LogP contribution in [-0.2, 0) is 11.8 Å². The number of hydrogen-bond acceptors (Lipinski definition) is 5. The minimum absolute atomic E-state index is 0.106. The van der Waals surface area contributed by atoms with E-state index in [0.717, 1.165) is 11.1 Å². The highest BCUT2D eigenvalue weighted by atomic mass is 32.2. The van der Waals surface area contributed by atoms with Gasteiger partial charge in [-0.3, -0.25) is 14.2 Å². The van der Waals surface area contributed by atoms with Gasteiger partial charge in [0.2, 0.25) is 5.91 Å². The lowest BCUT2D eigenvalue weighted by Gasteiger charge is -2.23. The number of nitrogens with one attached hydrogen (secondary N) is 1. The molecule has 2 aromatic heterocycles. The van der Waals surface area contributed by atoms with Crippen molar-refractivity contribution < 1.29 is 9.18 Å². The van der Waals surface area contributed by atoms with E-state index in [9.17, 15) is 14.0 Å². The minimum atomic E-state index is -0.397. The average molecular weight is 420 g/mol. The van der Waals surface area contributed by atoms with Gasteiger partial charge in [0.05, 0.1) is 10.6 Å². The molecule has 3 rings (SSSR count). The van der Waals surface area contributed by atoms with Gasteiger partial charge in [0, 0.05) is 23.5 Å². The Morgan fingerprint density at radius 1 is 1.29 bits per heavy atom. The molecule has 0 saturated heterocycles. The number of thioether (sulfide) groups is 1. The van der Waals surface area contributed by atoms with Crippen LogP contribution in [0, 0.1) is 5.82 Å². The van der Waals surface area contributed by atoms with Gasteiger partial charge in [0.1, 0.15) is 10.6 Å². The number of carbonyl (C=O) groups is 1. The lowest BCUT2D eigenvalue weighted by molar-refractivity contribution is -0.121. The molecule has 0 saturated carbocycles. The maximum Gasteiger partial charge on any atom is 0.263 e. The molecule has 0 fully saturated rings. The van der Waals surface area contributed by atoms with Crippen LogP contribution in [0.1, 0.15) is 27.7 Å². The molecule has 0 aliphatic heterocycles. The second-order valence-corrected chi connectivity index (χ2v) is 9.76. The van der Waals surface area contributed by atoms with Crippen LogP contribution in [0.3, 0.4) is 0 Å². The number of fused-ring (bicyclic) bond motifs is 1. The van der Waals surface area contributed by atoms with E-state index in [1.807, 2.05) is 26.2 Å². The molecule has 5 nitrogen and oxygen atoms in total. The van der Waals surface area contributed by atoms with Crippen molar-refractivity contribution in [2.45, 2.75) is 43.6 Å². The second-order valence-electron chi connectivity index (χ2n) is 7.59. The van der Waals surface area contributed by atoms with Crippen molar-refractivity contribution in [1.29, 1.82) is 0 Å². The summed E-state index contributed by atoms with van der Waals surface area (Å²) in [7, 11) is 1.65. The van der Waals surface area contributed by atoms with Gasteiger partial charge in [-0.2, -0.15) is 0 Å². The summed E-state index contributed by atoms with van der Waals surface area (Å²) in [5, 5.41) is 5.40. The number of thiophene rings is 1. The van der Waals surface area contributed by atoms with Gasteiger partial charge in [-0.1, -0.05) is 23.9 Å². The first-order chi connectivity index (χ1) is 13.1. The molecule has 148 valence electrons. The lowest BCUT2D eigenvalue weighted by Crippen LogP contribution is -2.44. The summed E-state index contributed by atoms with van der Waals surface area (Å²) in [5.41, 5.74) is 0.997. The first-order valence-corrected chi connectivity index (χ1v) is 10.6. The highest BCUT2D eigenvalue weighted by Gasteiger charge is 2.23. The standard InChI is InChI=1S/C20H22FN3O2S2/c1-11(16(25)23-20(2,3)4)28-19-22-17-15(18(26)24(19)5)14(10-27-17)12-6-8-13(21)9-7-12/h6-11H,1-5H3,(H,23,25)/t11-/m0/s1. The third-order valence-electron chi connectivity index (χ3n) is 4.08. The van der Waals surface area contributed by atoms with Crippen LogP contribution >= 0.6 is 23.1 Å². The Morgan fingerprint density at radius 3 is 2.54 bits per heavy atom. The largest absolute Gasteiger partial charge is 0.351 e. The molecule has 28 heavy (non-hydrogen) atoms. The molecule has 1 atom stereocenters. The number of rotatable bonds is 4. The van der Waals surface area contributed by atoms with Crippen LogP contribution in [-0.4, -0.2) is 26.2 Å². The summed E-state index contributed by atoms with van der Waals surface area (Å²) in [6.45, 7) is 7.56. The molecule has 0 radical (unpaired) electrons. The number of halogens is 1. The smallest absolute Gasteiger partial charge is 0.263 e. The summed E-state index contributed by atoms with van der Waals surface area (Å²) in [6.07, 6.45) is 0. The topological polar surface area (TPSA) is 64.0 Å². The zero-order valence-corrected chi connectivity index (χ0v) is 18.0. The Kier molecular flexibility index (Phi) is 5.63. The van der Waals surface area contributed by atoms with Crippen LogP contribution in [0.4, 0.5) is 4.39 Å². The summed E-state index contributed by atoms with van der Waals surface area (Å²) < 4.78 is 14.7. The van der Waals surface area contributed by atoms with E-state index in [1.54, 1.807) is 26.1 Å². The molecule has 0 bridgehead atoms. The van der Waals surface area contributed by atoms with Crippen molar-refractivity contribution in [2.75, 3.05) is 0 Å². The Bertz CT molecular complexity index is 1080. The molecule has 0 aliphatic carbocycles. The fraction of sp³-hybridized carbons (Fsp3) is 0.350. The predicted molar refractivity (Wildman–Crippen MR) is 113 cm³/mol. The van der Waals surface area contributed by atoms with Crippen molar-refractivity contribution in [3.63, 3.8) is 0 Å². The van der Waals surface area contributed by atoms with E-state index in [4.69, 9.17) is 0 Å². The number of hydrogen-bond donors (Lipinski definition) is 1. The number of nitrogens with zero attached hydrogens (tertiary/aromatic N) is 2. The molecule has 1 aromatic carbocycles. The van der Waals surface area contributed by atoms with Crippen LogP contribution in [0.5, 0.6) is 0 Å². The van der Waals surface area contributed by atoms with Crippen molar-refractivity contribution in [1.82, 2.24) is 14.9 Å². The van der Waals surface area contributed by atoms with E-state index < -0.39 is 5.25 Å². The Morgan fingerprint density at radius 2 is 1.93 bits per heavy atom. The maximum absolute atomic E-state index is 13.2. The number of aromatic nitrogens is 2. The maximum atomic E-state index is 13.2. The molecular formula is C20H22FN3O2S2. The quantitative estimate of drug-likeness (QED) is 0.509. The van der Waals surface area contributed by atoms with Crippen molar-refractivity contribution in [3.8, 4) is 11.1 Å². The molecule has 1 N–H and O–H groups in total. The van der Waals surface area contributed by atoms with Crippen LogP contribution < -0.4 is 10.9 Å². The Hall–Kier alpha value is -2.19. The zero-order chi connectivity index (χ0) is 20.6. The first kappa shape index (κ1) is 20.5. The van der Waals surface area contributed by atoms with Crippen molar-refractivity contribution >= 4 is 39.2 Å². The van der Waals surface area contributed by atoms with Crippen LogP contribution in [0.15, 0.2) is 39.6 Å².